The summed E-state index contributed by atoms with van der Waals surface area (Å²) >= 11 is 0. The van der Waals surface area contributed by atoms with E-state index in [0.29, 0.717) is 17.8 Å². The quantitative estimate of drug-likeness (QED) is 0.753. The Morgan fingerprint density at radius 2 is 1.73 bits per heavy atom. The summed E-state index contributed by atoms with van der Waals surface area (Å²) in [6.45, 7) is 0. The third-order valence-electron chi connectivity index (χ3n) is 3.13. The number of ketones is 1. The minimum atomic E-state index is 0.387. The van der Waals surface area contributed by atoms with Gasteiger partial charge in [0.05, 0.1) is 6.10 Å². The number of hydrogen-bond donors (Lipinski definition) is 0. The van der Waals surface area contributed by atoms with Crippen LogP contribution < -0.4 is 4.74 Å². The molecule has 0 atom stereocenters. The minimum Gasteiger partial charge on any atom is -0.490 e. The molecule has 1 aromatic carbocycles. The standard InChI is InChI=1S/C13H14O2/c14-11-7-10(8-11)9-1-3-12(4-2-9)15-13-5-6-13/h1-4,10,13H,5-8H2. The molecule has 0 heterocycles. The molecule has 0 amide bonds. The maximum absolute atomic E-state index is 10.9. The molecular weight excluding hydrogens is 188 g/mol. The zero-order valence-corrected chi connectivity index (χ0v) is 8.61. The number of hydrogen-bond acceptors (Lipinski definition) is 2. The van der Waals surface area contributed by atoms with Gasteiger partial charge in [-0.05, 0) is 36.5 Å². The fraction of sp³-hybridized carbons (Fsp3) is 0.462. The lowest BCUT2D eigenvalue weighted by molar-refractivity contribution is -0.124. The van der Waals surface area contributed by atoms with Crippen molar-refractivity contribution in [3.63, 3.8) is 0 Å². The Morgan fingerprint density at radius 3 is 2.27 bits per heavy atom. The van der Waals surface area contributed by atoms with E-state index >= 15 is 0 Å². The molecule has 2 aliphatic rings. The molecule has 2 saturated carbocycles. The maximum atomic E-state index is 10.9. The second kappa shape index (κ2) is 3.37. The summed E-state index contributed by atoms with van der Waals surface area (Å²) in [5, 5.41) is 0. The number of carbonyl (C=O) groups excluding carboxylic acids is 1. The molecule has 0 aliphatic heterocycles. The minimum absolute atomic E-state index is 0.387. The average Bonchev–Trinajstić information content (AvgIpc) is 2.99. The second-order valence-corrected chi connectivity index (χ2v) is 4.53. The van der Waals surface area contributed by atoms with Crippen molar-refractivity contribution in [2.24, 2.45) is 0 Å². The largest absolute Gasteiger partial charge is 0.490 e. The van der Waals surface area contributed by atoms with Crippen molar-refractivity contribution in [1.82, 2.24) is 0 Å². The van der Waals surface area contributed by atoms with Crippen LogP contribution in [0.25, 0.3) is 0 Å². The monoisotopic (exact) mass is 202 g/mol. The van der Waals surface area contributed by atoms with Crippen LogP contribution in [0.3, 0.4) is 0 Å². The fourth-order valence-electron chi connectivity index (χ4n) is 1.92. The van der Waals surface area contributed by atoms with Crippen LogP contribution in [0, 0.1) is 0 Å². The van der Waals surface area contributed by atoms with Crippen molar-refractivity contribution in [3.05, 3.63) is 29.8 Å². The molecule has 2 aliphatic carbocycles. The van der Waals surface area contributed by atoms with Gasteiger partial charge in [0, 0.05) is 12.8 Å². The van der Waals surface area contributed by atoms with Crippen LogP contribution in [0.2, 0.25) is 0 Å². The van der Waals surface area contributed by atoms with Crippen LogP contribution >= 0.6 is 0 Å². The van der Waals surface area contributed by atoms with E-state index in [1.165, 1.54) is 18.4 Å². The van der Waals surface area contributed by atoms with E-state index in [-0.39, 0.29) is 0 Å². The Morgan fingerprint density at radius 1 is 1.07 bits per heavy atom. The van der Waals surface area contributed by atoms with Crippen molar-refractivity contribution in [1.29, 1.82) is 0 Å². The third kappa shape index (κ3) is 1.89. The van der Waals surface area contributed by atoms with Gasteiger partial charge < -0.3 is 4.74 Å². The van der Waals surface area contributed by atoms with Crippen molar-refractivity contribution in [3.8, 4) is 5.75 Å². The normalized spacial score (nSPS) is 21.2. The lowest BCUT2D eigenvalue weighted by Gasteiger charge is -2.24. The summed E-state index contributed by atoms with van der Waals surface area (Å²) in [5.74, 6) is 1.82. The Kier molecular flexibility index (Phi) is 2.01. The van der Waals surface area contributed by atoms with Gasteiger partial charge in [-0.25, -0.2) is 0 Å². The zero-order valence-electron chi connectivity index (χ0n) is 8.61. The number of benzene rings is 1. The molecule has 3 rings (SSSR count). The molecule has 0 unspecified atom stereocenters. The lowest BCUT2D eigenvalue weighted by atomic mass is 9.79. The van der Waals surface area contributed by atoms with E-state index in [9.17, 15) is 4.79 Å². The number of Topliss-reactive ketones (excluding diaryl/α,β-unsaturated/α-hetero) is 1. The summed E-state index contributed by atoms with van der Waals surface area (Å²) in [6, 6.07) is 8.23. The van der Waals surface area contributed by atoms with Gasteiger partial charge in [0.2, 0.25) is 0 Å². The Hall–Kier alpha value is -1.31. The Bertz CT molecular complexity index is 368. The number of rotatable bonds is 3. The molecular formula is C13H14O2. The van der Waals surface area contributed by atoms with Crippen LogP contribution in [0.4, 0.5) is 0 Å². The fourth-order valence-corrected chi connectivity index (χ4v) is 1.92. The smallest absolute Gasteiger partial charge is 0.134 e. The summed E-state index contributed by atoms with van der Waals surface area (Å²) in [4.78, 5) is 10.9. The molecule has 1 aromatic rings. The molecule has 0 spiro atoms. The first kappa shape index (κ1) is 8.96. The highest BCUT2D eigenvalue weighted by Gasteiger charge is 2.28. The number of carbonyl (C=O) groups is 1. The zero-order chi connectivity index (χ0) is 10.3. The molecule has 78 valence electrons. The first-order chi connectivity index (χ1) is 7.31. The Labute approximate surface area is 89.2 Å². The van der Waals surface area contributed by atoms with Crippen molar-refractivity contribution < 1.29 is 9.53 Å². The van der Waals surface area contributed by atoms with Gasteiger partial charge in [-0.15, -0.1) is 0 Å². The number of ether oxygens (including phenoxy) is 1. The third-order valence-corrected chi connectivity index (χ3v) is 3.13. The van der Waals surface area contributed by atoms with Gasteiger partial charge in [-0.3, -0.25) is 4.79 Å². The molecule has 2 heteroatoms. The topological polar surface area (TPSA) is 26.3 Å². The highest BCUT2D eigenvalue weighted by atomic mass is 16.5. The van der Waals surface area contributed by atoms with Crippen molar-refractivity contribution >= 4 is 5.78 Å². The second-order valence-electron chi connectivity index (χ2n) is 4.53. The van der Waals surface area contributed by atoms with Crippen LogP contribution in [-0.2, 0) is 4.79 Å². The van der Waals surface area contributed by atoms with Crippen LogP contribution in [0.5, 0.6) is 5.75 Å². The van der Waals surface area contributed by atoms with Gasteiger partial charge in [-0.2, -0.15) is 0 Å². The summed E-state index contributed by atoms with van der Waals surface area (Å²) < 4.78 is 5.67. The first-order valence-electron chi connectivity index (χ1n) is 5.59. The van der Waals surface area contributed by atoms with E-state index in [1.807, 2.05) is 12.1 Å². The van der Waals surface area contributed by atoms with Crippen LogP contribution in [0.1, 0.15) is 37.2 Å². The summed E-state index contributed by atoms with van der Waals surface area (Å²) in [7, 11) is 0. The maximum Gasteiger partial charge on any atom is 0.134 e. The van der Waals surface area contributed by atoms with Crippen LogP contribution in [0.15, 0.2) is 24.3 Å². The van der Waals surface area contributed by atoms with Gasteiger partial charge >= 0.3 is 0 Å². The average molecular weight is 202 g/mol. The molecule has 2 fully saturated rings. The summed E-state index contributed by atoms with van der Waals surface area (Å²) in [5.41, 5.74) is 1.28. The van der Waals surface area contributed by atoms with Gasteiger partial charge in [-0.1, -0.05) is 12.1 Å². The van der Waals surface area contributed by atoms with E-state index in [4.69, 9.17) is 4.74 Å². The molecule has 0 N–H and O–H groups in total. The Balaban J connectivity index is 1.67. The molecule has 2 nitrogen and oxygen atoms in total. The van der Waals surface area contributed by atoms with E-state index in [0.717, 1.165) is 18.6 Å². The molecule has 0 radical (unpaired) electrons. The highest BCUT2D eigenvalue weighted by Crippen LogP contribution is 2.35. The predicted octanol–water partition coefficient (Wildman–Crippen LogP) is 2.67. The first-order valence-corrected chi connectivity index (χ1v) is 5.59. The predicted molar refractivity (Wildman–Crippen MR) is 57.1 cm³/mol. The van der Waals surface area contributed by atoms with Crippen molar-refractivity contribution in [2.45, 2.75) is 37.7 Å². The molecule has 0 bridgehead atoms. The van der Waals surface area contributed by atoms with Crippen molar-refractivity contribution in [2.75, 3.05) is 0 Å². The van der Waals surface area contributed by atoms with Gasteiger partial charge in [0.1, 0.15) is 11.5 Å². The van der Waals surface area contributed by atoms with Gasteiger partial charge in [0.25, 0.3) is 0 Å². The molecule has 15 heavy (non-hydrogen) atoms. The van der Waals surface area contributed by atoms with Crippen LogP contribution in [-0.4, -0.2) is 11.9 Å². The SMILES string of the molecule is O=C1CC(c2ccc(OC3CC3)cc2)C1. The van der Waals surface area contributed by atoms with E-state index in [1.54, 1.807) is 0 Å². The molecule has 0 aromatic heterocycles. The highest BCUT2D eigenvalue weighted by molar-refractivity contribution is 5.86. The van der Waals surface area contributed by atoms with Gasteiger partial charge in [0.15, 0.2) is 0 Å². The lowest BCUT2D eigenvalue weighted by Crippen LogP contribution is -2.20. The van der Waals surface area contributed by atoms with E-state index in [2.05, 4.69) is 12.1 Å². The summed E-state index contributed by atoms with van der Waals surface area (Å²) in [6.07, 6.45) is 4.30. The van der Waals surface area contributed by atoms with E-state index < -0.39 is 0 Å². The molecule has 0 saturated heterocycles.